The molecule has 0 amide bonds. The highest BCUT2D eigenvalue weighted by atomic mass is 35.5. The Hall–Kier alpha value is -2.05. The van der Waals surface area contributed by atoms with Gasteiger partial charge in [-0.15, -0.1) is 5.10 Å². The summed E-state index contributed by atoms with van der Waals surface area (Å²) in [5.74, 6) is -0.281. The molecule has 2 aromatic heterocycles. The molecule has 0 aliphatic heterocycles. The first-order chi connectivity index (χ1) is 10.5. The number of anilines is 1. The van der Waals surface area contributed by atoms with Crippen LogP contribution in [0.15, 0.2) is 29.1 Å². The van der Waals surface area contributed by atoms with Crippen LogP contribution in [0.2, 0.25) is 10.0 Å². The van der Waals surface area contributed by atoms with Crippen LogP contribution in [0.5, 0.6) is 0 Å². The lowest BCUT2D eigenvalue weighted by molar-refractivity contribution is 0.562. The molecule has 22 heavy (non-hydrogen) atoms. The Kier molecular flexibility index (Phi) is 3.80. The van der Waals surface area contributed by atoms with Crippen molar-refractivity contribution in [3.8, 4) is 0 Å². The second-order valence-corrected chi connectivity index (χ2v) is 5.61. The molecule has 0 radical (unpaired) electrons. The minimum Gasteiger partial charge on any atom is -0.367 e. The second-order valence-electron chi connectivity index (χ2n) is 4.79. The molecule has 0 atom stereocenters. The SMILES string of the molecule is Cn1nc(F)c2cc(NCc3ccc(Cl)c(Cl)c3)[nH]c(=O)c21. The van der Waals surface area contributed by atoms with Gasteiger partial charge >= 0.3 is 0 Å². The van der Waals surface area contributed by atoms with Crippen LogP contribution in [-0.4, -0.2) is 14.8 Å². The molecule has 1 aromatic carbocycles. The highest BCUT2D eigenvalue weighted by molar-refractivity contribution is 6.42. The van der Waals surface area contributed by atoms with Crippen LogP contribution in [-0.2, 0) is 13.6 Å². The van der Waals surface area contributed by atoms with Crippen molar-refractivity contribution in [1.29, 1.82) is 0 Å². The third-order valence-electron chi connectivity index (χ3n) is 3.26. The first-order valence-electron chi connectivity index (χ1n) is 6.39. The summed E-state index contributed by atoms with van der Waals surface area (Å²) in [5, 5.41) is 7.70. The van der Waals surface area contributed by atoms with Crippen LogP contribution in [0.25, 0.3) is 10.9 Å². The summed E-state index contributed by atoms with van der Waals surface area (Å²) in [5.41, 5.74) is 0.660. The molecule has 0 bridgehead atoms. The average Bonchev–Trinajstić information content (AvgIpc) is 2.75. The number of hydrogen-bond donors (Lipinski definition) is 2. The molecule has 0 saturated heterocycles. The number of hydrogen-bond acceptors (Lipinski definition) is 3. The van der Waals surface area contributed by atoms with Crippen molar-refractivity contribution >= 4 is 39.9 Å². The number of nitrogens with zero attached hydrogens (tertiary/aromatic N) is 2. The second kappa shape index (κ2) is 5.62. The molecule has 0 spiro atoms. The van der Waals surface area contributed by atoms with Gasteiger partial charge in [-0.2, -0.15) is 4.39 Å². The lowest BCUT2D eigenvalue weighted by atomic mass is 10.2. The quantitative estimate of drug-likeness (QED) is 0.768. The summed E-state index contributed by atoms with van der Waals surface area (Å²) in [7, 11) is 1.52. The van der Waals surface area contributed by atoms with Crippen LogP contribution in [0, 0.1) is 5.95 Å². The topological polar surface area (TPSA) is 62.7 Å². The molecule has 114 valence electrons. The molecule has 8 heteroatoms. The van der Waals surface area contributed by atoms with E-state index in [1.54, 1.807) is 12.1 Å². The molecule has 3 aromatic rings. The number of aromatic amines is 1. The number of pyridine rings is 1. The standard InChI is InChI=1S/C14H11Cl2FN4O/c1-21-12-8(13(17)20-21)5-11(19-14(12)22)18-6-7-2-3-9(15)10(16)4-7/h2-5H,6H2,1H3,(H2,18,19,22). The first kappa shape index (κ1) is 14.9. The summed E-state index contributed by atoms with van der Waals surface area (Å²) < 4.78 is 14.9. The van der Waals surface area contributed by atoms with Crippen molar-refractivity contribution in [2.75, 3.05) is 5.32 Å². The van der Waals surface area contributed by atoms with Gasteiger partial charge in [0.2, 0.25) is 5.95 Å². The van der Waals surface area contributed by atoms with E-state index in [9.17, 15) is 9.18 Å². The lowest BCUT2D eigenvalue weighted by Crippen LogP contribution is -2.13. The number of benzene rings is 1. The Labute approximate surface area is 134 Å². The fourth-order valence-electron chi connectivity index (χ4n) is 2.21. The first-order valence-corrected chi connectivity index (χ1v) is 7.14. The number of aromatic nitrogens is 3. The van der Waals surface area contributed by atoms with Gasteiger partial charge in [0.25, 0.3) is 5.56 Å². The van der Waals surface area contributed by atoms with E-state index < -0.39 is 11.5 Å². The summed E-state index contributed by atoms with van der Waals surface area (Å²) >= 11 is 11.8. The largest absolute Gasteiger partial charge is 0.367 e. The summed E-state index contributed by atoms with van der Waals surface area (Å²) in [6.07, 6.45) is 0. The minimum absolute atomic E-state index is 0.169. The van der Waals surface area contributed by atoms with Crippen molar-refractivity contribution in [3.05, 3.63) is 56.2 Å². The molecule has 2 heterocycles. The van der Waals surface area contributed by atoms with Crippen molar-refractivity contribution in [2.24, 2.45) is 7.05 Å². The number of H-pyrrole nitrogens is 1. The third-order valence-corrected chi connectivity index (χ3v) is 4.00. The van der Waals surface area contributed by atoms with E-state index in [0.29, 0.717) is 22.4 Å². The van der Waals surface area contributed by atoms with Crippen molar-refractivity contribution < 1.29 is 4.39 Å². The summed E-state index contributed by atoms with van der Waals surface area (Å²) in [6.45, 7) is 0.403. The fourth-order valence-corrected chi connectivity index (χ4v) is 2.53. The highest BCUT2D eigenvalue weighted by Crippen LogP contribution is 2.23. The van der Waals surface area contributed by atoms with E-state index in [1.165, 1.54) is 17.8 Å². The monoisotopic (exact) mass is 340 g/mol. The molecule has 0 unspecified atom stereocenters. The Morgan fingerprint density at radius 2 is 2.09 bits per heavy atom. The van der Waals surface area contributed by atoms with Gasteiger partial charge in [0.15, 0.2) is 0 Å². The predicted octanol–water partition coefficient (Wildman–Crippen LogP) is 3.32. The smallest absolute Gasteiger partial charge is 0.275 e. The highest BCUT2D eigenvalue weighted by Gasteiger charge is 2.12. The van der Waals surface area contributed by atoms with Crippen LogP contribution >= 0.6 is 23.2 Å². The van der Waals surface area contributed by atoms with Gasteiger partial charge in [0, 0.05) is 13.6 Å². The van der Waals surface area contributed by atoms with E-state index in [1.807, 2.05) is 6.07 Å². The zero-order valence-electron chi connectivity index (χ0n) is 11.5. The molecule has 3 rings (SSSR count). The molecule has 0 saturated carbocycles. The number of aryl methyl sites for hydroxylation is 1. The Morgan fingerprint density at radius 3 is 2.82 bits per heavy atom. The van der Waals surface area contributed by atoms with Crippen molar-refractivity contribution in [1.82, 2.24) is 14.8 Å². The average molecular weight is 341 g/mol. The number of rotatable bonds is 3. The fraction of sp³-hybridized carbons (Fsp3) is 0.143. The van der Waals surface area contributed by atoms with Gasteiger partial charge < -0.3 is 10.3 Å². The van der Waals surface area contributed by atoms with Crippen LogP contribution in [0.3, 0.4) is 0 Å². The maximum absolute atomic E-state index is 13.7. The van der Waals surface area contributed by atoms with Gasteiger partial charge in [-0.1, -0.05) is 29.3 Å². The van der Waals surface area contributed by atoms with Gasteiger partial charge in [0.1, 0.15) is 11.3 Å². The molecule has 0 fully saturated rings. The van der Waals surface area contributed by atoms with Crippen molar-refractivity contribution in [2.45, 2.75) is 6.54 Å². The Bertz CT molecular complexity index is 919. The Balaban J connectivity index is 1.89. The molecular formula is C14H11Cl2FN4O. The normalized spacial score (nSPS) is 11.1. The number of halogens is 3. The summed E-state index contributed by atoms with van der Waals surface area (Å²) in [4.78, 5) is 14.6. The van der Waals surface area contributed by atoms with Crippen LogP contribution < -0.4 is 10.9 Å². The Morgan fingerprint density at radius 1 is 1.32 bits per heavy atom. The number of nitrogens with one attached hydrogen (secondary N) is 2. The van der Waals surface area contributed by atoms with Gasteiger partial charge in [-0.25, -0.2) is 0 Å². The zero-order chi connectivity index (χ0) is 15.9. The van der Waals surface area contributed by atoms with Gasteiger partial charge in [-0.05, 0) is 23.8 Å². The lowest BCUT2D eigenvalue weighted by Gasteiger charge is -2.07. The maximum Gasteiger partial charge on any atom is 0.275 e. The molecule has 5 nitrogen and oxygen atoms in total. The maximum atomic E-state index is 13.7. The molecular weight excluding hydrogens is 330 g/mol. The zero-order valence-corrected chi connectivity index (χ0v) is 13.0. The minimum atomic E-state index is -0.679. The van der Waals surface area contributed by atoms with Crippen LogP contribution in [0.1, 0.15) is 5.56 Å². The van der Waals surface area contributed by atoms with Gasteiger partial charge in [0.05, 0.1) is 15.4 Å². The van der Waals surface area contributed by atoms with E-state index in [0.717, 1.165) is 5.56 Å². The van der Waals surface area contributed by atoms with Gasteiger partial charge in [-0.3, -0.25) is 9.48 Å². The number of fused-ring (bicyclic) bond motifs is 1. The molecule has 2 N–H and O–H groups in total. The van der Waals surface area contributed by atoms with Crippen molar-refractivity contribution in [3.63, 3.8) is 0 Å². The van der Waals surface area contributed by atoms with Crippen LogP contribution in [0.4, 0.5) is 10.2 Å². The van der Waals surface area contributed by atoms with E-state index >= 15 is 0 Å². The third kappa shape index (κ3) is 2.67. The summed E-state index contributed by atoms with van der Waals surface area (Å²) in [6, 6.07) is 6.73. The molecule has 0 aliphatic rings. The van der Waals surface area contributed by atoms with E-state index in [-0.39, 0.29) is 10.9 Å². The van der Waals surface area contributed by atoms with E-state index in [2.05, 4.69) is 15.4 Å². The predicted molar refractivity (Wildman–Crippen MR) is 85.1 cm³/mol. The van der Waals surface area contributed by atoms with E-state index in [4.69, 9.17) is 23.2 Å². The molecule has 0 aliphatic carbocycles.